The predicted molar refractivity (Wildman–Crippen MR) is 32.0 cm³/mol. The first-order valence-corrected chi connectivity index (χ1v) is 2.43. The van der Waals surface area contributed by atoms with Gasteiger partial charge in [0.1, 0.15) is 0 Å². The van der Waals surface area contributed by atoms with Crippen LogP contribution in [0.4, 0.5) is 0 Å². The molecule has 0 saturated heterocycles. The summed E-state index contributed by atoms with van der Waals surface area (Å²) in [5.41, 5.74) is 10.2. The minimum Gasteiger partial charge on any atom is -0.327 e. The molecule has 0 aromatic carbocycles. The summed E-state index contributed by atoms with van der Waals surface area (Å²) in [5, 5.41) is 0.627. The van der Waals surface area contributed by atoms with Gasteiger partial charge in [0.2, 0.25) is 0 Å². The topological polar surface area (TPSA) is 52.0 Å². The van der Waals surface area contributed by atoms with Gasteiger partial charge in [0, 0.05) is 18.1 Å². The lowest BCUT2D eigenvalue weighted by Crippen LogP contribution is -2.01. The highest BCUT2D eigenvalue weighted by Gasteiger charge is 1.80. The van der Waals surface area contributed by atoms with Gasteiger partial charge >= 0.3 is 0 Å². The molecule has 0 saturated carbocycles. The second-order valence-electron chi connectivity index (χ2n) is 1.09. The Bertz CT molecular complexity index is 70.1. The minimum atomic E-state index is 0.388. The zero-order valence-electron chi connectivity index (χ0n) is 4.02. The molecule has 0 unspecified atom stereocenters. The lowest BCUT2D eigenvalue weighted by molar-refractivity contribution is 1.17. The Kier molecular flexibility index (Phi) is 4.09. The first kappa shape index (κ1) is 6.95. The molecule has 0 aromatic heterocycles. The van der Waals surface area contributed by atoms with E-state index in [9.17, 15) is 0 Å². The minimum absolute atomic E-state index is 0.388. The summed E-state index contributed by atoms with van der Waals surface area (Å²) in [6, 6.07) is 0. The molecular formula is C4H9ClN2. The summed E-state index contributed by atoms with van der Waals surface area (Å²) in [6.45, 7) is 0.856. The fourth-order valence-corrected chi connectivity index (χ4v) is 0.300. The second kappa shape index (κ2) is 4.12. The third kappa shape index (κ3) is 3.79. The van der Waals surface area contributed by atoms with E-state index in [2.05, 4.69) is 0 Å². The van der Waals surface area contributed by atoms with Gasteiger partial charge in [0.05, 0.1) is 0 Å². The molecule has 0 spiro atoms. The monoisotopic (exact) mass is 120 g/mol. The van der Waals surface area contributed by atoms with Crippen LogP contribution in [0.3, 0.4) is 0 Å². The van der Waals surface area contributed by atoms with E-state index in [1.165, 1.54) is 0 Å². The van der Waals surface area contributed by atoms with Crippen LogP contribution in [0.2, 0.25) is 0 Å². The quantitative estimate of drug-likeness (QED) is 0.540. The molecule has 4 N–H and O–H groups in total. The fraction of sp³-hybridized carbons (Fsp3) is 0.500. The standard InChI is InChI=1S/C4H9ClN2/c5-4(3-7)1-2-6/h1H,2-3,6-7H2. The average molecular weight is 121 g/mol. The molecule has 0 fully saturated rings. The van der Waals surface area contributed by atoms with E-state index < -0.39 is 0 Å². The SMILES string of the molecule is NCC=C(Cl)CN. The number of nitrogens with two attached hydrogens (primary N) is 2. The van der Waals surface area contributed by atoms with Crippen molar-refractivity contribution in [2.24, 2.45) is 11.5 Å². The molecule has 0 atom stereocenters. The van der Waals surface area contributed by atoms with Crippen molar-refractivity contribution in [3.8, 4) is 0 Å². The van der Waals surface area contributed by atoms with E-state index in [-0.39, 0.29) is 0 Å². The van der Waals surface area contributed by atoms with Crippen molar-refractivity contribution in [2.75, 3.05) is 13.1 Å². The first-order chi connectivity index (χ1) is 3.31. The number of halogens is 1. The molecule has 0 aliphatic rings. The Labute approximate surface area is 48.1 Å². The Morgan fingerprint density at radius 3 is 2.29 bits per heavy atom. The highest BCUT2D eigenvalue weighted by molar-refractivity contribution is 6.29. The number of rotatable bonds is 2. The Balaban J connectivity index is 3.29. The van der Waals surface area contributed by atoms with Crippen molar-refractivity contribution in [1.82, 2.24) is 0 Å². The third-order valence-electron chi connectivity index (χ3n) is 0.534. The molecule has 0 heterocycles. The maximum Gasteiger partial charge on any atom is 0.0289 e. The van der Waals surface area contributed by atoms with E-state index in [0.29, 0.717) is 18.1 Å². The van der Waals surface area contributed by atoms with Crippen LogP contribution in [0.5, 0.6) is 0 Å². The van der Waals surface area contributed by atoms with Crippen molar-refractivity contribution in [1.29, 1.82) is 0 Å². The summed E-state index contributed by atoms with van der Waals surface area (Å²) < 4.78 is 0. The molecule has 0 aliphatic heterocycles. The van der Waals surface area contributed by atoms with Crippen LogP contribution < -0.4 is 11.5 Å². The highest BCUT2D eigenvalue weighted by atomic mass is 35.5. The third-order valence-corrected chi connectivity index (χ3v) is 0.843. The zero-order valence-corrected chi connectivity index (χ0v) is 4.78. The smallest absolute Gasteiger partial charge is 0.0289 e. The predicted octanol–water partition coefficient (Wildman–Crippen LogP) is 0.0265. The summed E-state index contributed by atoms with van der Waals surface area (Å²) in [4.78, 5) is 0. The van der Waals surface area contributed by atoms with Gasteiger partial charge in [-0.2, -0.15) is 0 Å². The Hall–Kier alpha value is -0.0500. The van der Waals surface area contributed by atoms with Gasteiger partial charge in [-0.05, 0) is 0 Å². The normalized spacial score (nSPS) is 12.1. The molecule has 0 amide bonds. The van der Waals surface area contributed by atoms with Gasteiger partial charge in [0.25, 0.3) is 0 Å². The lowest BCUT2D eigenvalue weighted by Gasteiger charge is -1.86. The summed E-state index contributed by atoms with van der Waals surface area (Å²) in [7, 11) is 0. The molecule has 0 bridgehead atoms. The molecule has 3 heteroatoms. The van der Waals surface area contributed by atoms with Gasteiger partial charge in [-0.15, -0.1) is 0 Å². The fourth-order valence-electron chi connectivity index (χ4n) is 0.211. The largest absolute Gasteiger partial charge is 0.327 e. The summed E-state index contributed by atoms with van der Waals surface area (Å²) >= 11 is 5.42. The second-order valence-corrected chi connectivity index (χ2v) is 1.58. The van der Waals surface area contributed by atoms with Crippen molar-refractivity contribution >= 4 is 11.6 Å². The molecule has 0 aliphatic carbocycles. The number of hydrogen-bond acceptors (Lipinski definition) is 2. The van der Waals surface area contributed by atoms with Crippen LogP contribution in [0.1, 0.15) is 0 Å². The maximum atomic E-state index is 5.42. The summed E-state index contributed by atoms with van der Waals surface area (Å²) in [6.07, 6.45) is 1.68. The van der Waals surface area contributed by atoms with E-state index in [1.807, 2.05) is 0 Å². The molecule has 2 nitrogen and oxygen atoms in total. The van der Waals surface area contributed by atoms with Crippen LogP contribution in [-0.4, -0.2) is 13.1 Å². The zero-order chi connectivity index (χ0) is 5.70. The summed E-state index contributed by atoms with van der Waals surface area (Å²) in [5.74, 6) is 0. The van der Waals surface area contributed by atoms with Crippen LogP contribution in [0, 0.1) is 0 Å². The maximum absolute atomic E-state index is 5.42. The van der Waals surface area contributed by atoms with E-state index >= 15 is 0 Å². The van der Waals surface area contributed by atoms with Gasteiger partial charge in [0.15, 0.2) is 0 Å². The average Bonchev–Trinajstić information content (AvgIpc) is 1.68. The van der Waals surface area contributed by atoms with E-state index in [4.69, 9.17) is 23.1 Å². The van der Waals surface area contributed by atoms with Crippen LogP contribution in [0.25, 0.3) is 0 Å². The van der Waals surface area contributed by atoms with Crippen molar-refractivity contribution in [2.45, 2.75) is 0 Å². The van der Waals surface area contributed by atoms with Gasteiger partial charge in [-0.1, -0.05) is 17.7 Å². The van der Waals surface area contributed by atoms with Gasteiger partial charge in [-0.25, -0.2) is 0 Å². The van der Waals surface area contributed by atoms with Crippen LogP contribution in [-0.2, 0) is 0 Å². The molecular weight excluding hydrogens is 112 g/mol. The molecule has 42 valence electrons. The van der Waals surface area contributed by atoms with Gasteiger partial charge < -0.3 is 11.5 Å². The molecule has 0 rings (SSSR count). The van der Waals surface area contributed by atoms with Crippen molar-refractivity contribution < 1.29 is 0 Å². The molecule has 7 heavy (non-hydrogen) atoms. The Morgan fingerprint density at radius 1 is 1.57 bits per heavy atom. The van der Waals surface area contributed by atoms with Crippen LogP contribution >= 0.6 is 11.6 Å². The van der Waals surface area contributed by atoms with E-state index in [1.54, 1.807) is 6.08 Å². The lowest BCUT2D eigenvalue weighted by atomic mass is 10.5. The highest BCUT2D eigenvalue weighted by Crippen LogP contribution is 1.93. The van der Waals surface area contributed by atoms with Crippen LogP contribution in [0.15, 0.2) is 11.1 Å². The van der Waals surface area contributed by atoms with Gasteiger partial charge in [-0.3, -0.25) is 0 Å². The van der Waals surface area contributed by atoms with Crippen molar-refractivity contribution in [3.63, 3.8) is 0 Å². The number of hydrogen-bond donors (Lipinski definition) is 2. The molecule has 0 radical (unpaired) electrons. The molecule has 0 aromatic rings. The Morgan fingerprint density at radius 2 is 2.14 bits per heavy atom. The van der Waals surface area contributed by atoms with Crippen molar-refractivity contribution in [3.05, 3.63) is 11.1 Å². The first-order valence-electron chi connectivity index (χ1n) is 2.06. The van der Waals surface area contributed by atoms with E-state index in [0.717, 1.165) is 0 Å².